The first-order valence-electron chi connectivity index (χ1n) is 10.1. The zero-order valence-corrected chi connectivity index (χ0v) is 18.9. The second-order valence-electron chi connectivity index (χ2n) is 7.66. The predicted molar refractivity (Wildman–Crippen MR) is 114 cm³/mol. The summed E-state index contributed by atoms with van der Waals surface area (Å²) in [6.45, 7) is 5.92. The number of nitrogens with one attached hydrogen (secondary N) is 1. The van der Waals surface area contributed by atoms with Crippen molar-refractivity contribution in [2.75, 3.05) is 20.3 Å². The summed E-state index contributed by atoms with van der Waals surface area (Å²) in [5, 5.41) is 15.0. The third kappa shape index (κ3) is 4.44. The zero-order valence-electron chi connectivity index (χ0n) is 18.0. The Morgan fingerprint density at radius 1 is 1.26 bits per heavy atom. The molecule has 0 amide bonds. The molecule has 1 aromatic carbocycles. The van der Waals surface area contributed by atoms with E-state index in [0.717, 1.165) is 12.8 Å². The lowest BCUT2D eigenvalue weighted by Crippen LogP contribution is -2.31. The monoisotopic (exact) mass is 450 g/mol. The van der Waals surface area contributed by atoms with Crippen LogP contribution in [0.15, 0.2) is 46.5 Å². The Labute approximate surface area is 181 Å². The largest absolute Gasteiger partial charge is 0.466 e. The van der Waals surface area contributed by atoms with E-state index in [-0.39, 0.29) is 41.3 Å². The van der Waals surface area contributed by atoms with E-state index in [1.807, 2.05) is 6.92 Å². The molecular formula is C21H27N2O7P. The number of allylic oxidation sites excluding steroid dienone is 3. The third-order valence-electron chi connectivity index (χ3n) is 5.53. The van der Waals surface area contributed by atoms with Crippen molar-refractivity contribution >= 4 is 19.3 Å². The van der Waals surface area contributed by atoms with Gasteiger partial charge in [-0.05, 0) is 20.3 Å². The summed E-state index contributed by atoms with van der Waals surface area (Å²) in [6, 6.07) is 6.08. The molecule has 9 nitrogen and oxygen atoms in total. The van der Waals surface area contributed by atoms with Crippen molar-refractivity contribution in [3.8, 4) is 0 Å². The highest BCUT2D eigenvalue weighted by Crippen LogP contribution is 2.66. The number of esters is 1. The first kappa shape index (κ1) is 23.2. The molecule has 0 aromatic heterocycles. The first-order valence-corrected chi connectivity index (χ1v) is 11.7. The van der Waals surface area contributed by atoms with Crippen molar-refractivity contribution in [2.24, 2.45) is 5.92 Å². The Morgan fingerprint density at radius 2 is 1.90 bits per heavy atom. The van der Waals surface area contributed by atoms with E-state index in [4.69, 9.17) is 13.8 Å². The number of nitro groups is 1. The van der Waals surface area contributed by atoms with Gasteiger partial charge in [-0.2, -0.15) is 0 Å². The van der Waals surface area contributed by atoms with Crippen LogP contribution in [0.4, 0.5) is 5.69 Å². The molecular weight excluding hydrogens is 423 g/mol. The van der Waals surface area contributed by atoms with E-state index in [1.54, 1.807) is 32.0 Å². The summed E-state index contributed by atoms with van der Waals surface area (Å²) in [5.74, 6) is -1.57. The quantitative estimate of drug-likeness (QED) is 0.289. The molecule has 0 spiro atoms. The minimum atomic E-state index is -3.84. The Balaban J connectivity index is 2.17. The summed E-state index contributed by atoms with van der Waals surface area (Å²) in [6.07, 6.45) is 1.81. The van der Waals surface area contributed by atoms with E-state index in [9.17, 15) is 19.5 Å². The Morgan fingerprint density at radius 3 is 2.48 bits per heavy atom. The van der Waals surface area contributed by atoms with E-state index < -0.39 is 24.4 Å². The van der Waals surface area contributed by atoms with Gasteiger partial charge in [0, 0.05) is 28.9 Å². The fourth-order valence-electron chi connectivity index (χ4n) is 4.13. The Hall–Kier alpha value is -2.48. The van der Waals surface area contributed by atoms with Crippen LogP contribution in [-0.2, 0) is 23.1 Å². The molecule has 3 rings (SSSR count). The average Bonchev–Trinajstić information content (AvgIpc) is 2.74. The van der Waals surface area contributed by atoms with Crippen molar-refractivity contribution in [1.29, 1.82) is 0 Å². The van der Waals surface area contributed by atoms with Crippen LogP contribution in [0.25, 0.3) is 0 Å². The summed E-state index contributed by atoms with van der Waals surface area (Å²) in [4.78, 5) is 24.0. The number of nitrogens with zero attached hydrogens (tertiary/aromatic N) is 1. The van der Waals surface area contributed by atoms with Crippen LogP contribution in [0.3, 0.4) is 0 Å². The molecule has 1 aromatic rings. The van der Waals surface area contributed by atoms with Gasteiger partial charge in [-0.25, -0.2) is 4.79 Å². The number of hydrogen-bond donors (Lipinski definition) is 1. The average molecular weight is 450 g/mol. The van der Waals surface area contributed by atoms with Crippen LogP contribution in [0, 0.1) is 16.0 Å². The van der Waals surface area contributed by atoms with Crippen molar-refractivity contribution in [1.82, 2.24) is 5.32 Å². The van der Waals surface area contributed by atoms with E-state index in [1.165, 1.54) is 13.2 Å². The number of benzene rings is 1. The number of methoxy groups -OCH3 is 1. The van der Waals surface area contributed by atoms with Gasteiger partial charge in [0.05, 0.1) is 42.1 Å². The highest BCUT2D eigenvalue weighted by atomic mass is 31.2. The SMILES string of the molecule is CCCC1COP(=O)(C2=C(C)NC(C)=C(C(=O)OC)C2c2ccccc2[N+](=O)[O-])OC1. The first-order chi connectivity index (χ1) is 14.7. The Bertz CT molecular complexity index is 989. The number of para-hydroxylation sites is 1. The molecule has 168 valence electrons. The molecule has 0 saturated carbocycles. The van der Waals surface area contributed by atoms with Crippen LogP contribution in [0.5, 0.6) is 0 Å². The predicted octanol–water partition coefficient (Wildman–Crippen LogP) is 4.62. The van der Waals surface area contributed by atoms with Crippen molar-refractivity contribution in [3.05, 3.63) is 62.2 Å². The molecule has 1 N–H and O–H groups in total. The molecule has 10 heteroatoms. The Kier molecular flexibility index (Phi) is 6.99. The van der Waals surface area contributed by atoms with E-state index in [2.05, 4.69) is 5.32 Å². The minimum Gasteiger partial charge on any atom is -0.466 e. The van der Waals surface area contributed by atoms with Gasteiger partial charge in [0.2, 0.25) is 0 Å². The number of dihydropyridines is 1. The number of nitro benzene ring substituents is 1. The maximum Gasteiger partial charge on any atom is 0.360 e. The van der Waals surface area contributed by atoms with Crippen LogP contribution >= 0.6 is 7.60 Å². The molecule has 0 aliphatic carbocycles. The summed E-state index contributed by atoms with van der Waals surface area (Å²) < 4.78 is 30.4. The molecule has 31 heavy (non-hydrogen) atoms. The molecule has 2 aliphatic rings. The molecule has 2 heterocycles. The lowest BCUT2D eigenvalue weighted by Gasteiger charge is -2.37. The maximum atomic E-state index is 13.9. The van der Waals surface area contributed by atoms with Gasteiger partial charge in [-0.15, -0.1) is 0 Å². The van der Waals surface area contributed by atoms with Gasteiger partial charge in [-0.1, -0.05) is 31.5 Å². The highest BCUT2D eigenvalue weighted by molar-refractivity contribution is 7.58. The molecule has 1 fully saturated rings. The number of carbonyl (C=O) groups excluding carboxylic acids is 1. The molecule has 1 saturated heterocycles. The van der Waals surface area contributed by atoms with Gasteiger partial charge in [0.25, 0.3) is 5.69 Å². The molecule has 0 bridgehead atoms. The van der Waals surface area contributed by atoms with Crippen molar-refractivity contribution in [2.45, 2.75) is 39.5 Å². The van der Waals surface area contributed by atoms with Crippen LogP contribution in [-0.4, -0.2) is 31.2 Å². The maximum absolute atomic E-state index is 13.9. The van der Waals surface area contributed by atoms with Gasteiger partial charge in [-0.3, -0.25) is 14.7 Å². The third-order valence-corrected chi connectivity index (χ3v) is 7.69. The summed E-state index contributed by atoms with van der Waals surface area (Å²) in [7, 11) is -2.61. The minimum absolute atomic E-state index is 0.117. The highest BCUT2D eigenvalue weighted by Gasteiger charge is 2.48. The second kappa shape index (κ2) is 9.34. The number of hydrogen-bond acceptors (Lipinski definition) is 8. The van der Waals surface area contributed by atoms with Crippen LogP contribution in [0.2, 0.25) is 0 Å². The molecule has 1 unspecified atom stereocenters. The van der Waals surface area contributed by atoms with Gasteiger partial charge < -0.3 is 19.1 Å². The van der Waals surface area contributed by atoms with Crippen molar-refractivity contribution in [3.63, 3.8) is 0 Å². The number of carbonyl (C=O) groups is 1. The normalized spacial score (nSPS) is 26.5. The van der Waals surface area contributed by atoms with E-state index >= 15 is 0 Å². The van der Waals surface area contributed by atoms with Crippen molar-refractivity contribution < 1.29 is 28.1 Å². The fraction of sp³-hybridized carbons (Fsp3) is 0.476. The van der Waals surface area contributed by atoms with E-state index in [0.29, 0.717) is 11.4 Å². The van der Waals surface area contributed by atoms with Crippen LogP contribution in [0.1, 0.15) is 45.1 Å². The van der Waals surface area contributed by atoms with Crippen LogP contribution < -0.4 is 5.32 Å². The summed E-state index contributed by atoms with van der Waals surface area (Å²) in [5.41, 5.74) is 1.10. The lowest BCUT2D eigenvalue weighted by molar-refractivity contribution is -0.385. The van der Waals surface area contributed by atoms with Gasteiger partial charge in [0.15, 0.2) is 0 Å². The molecule has 0 radical (unpaired) electrons. The standard InChI is InChI=1S/C21H27N2O7P/c1-5-8-15-11-29-31(27,30-12-15)20-14(3)22-13(2)18(21(24)28-4)19(20)16-9-6-7-10-17(16)23(25)26/h6-7,9-10,15,19,22H,5,8,11-12H2,1-4H3. The topological polar surface area (TPSA) is 117 Å². The molecule has 1 atom stereocenters. The summed E-state index contributed by atoms with van der Waals surface area (Å²) >= 11 is 0. The number of rotatable bonds is 6. The number of ether oxygens (including phenoxy) is 1. The zero-order chi connectivity index (χ0) is 22.8. The smallest absolute Gasteiger partial charge is 0.360 e. The lowest BCUT2D eigenvalue weighted by atomic mass is 9.85. The van der Waals surface area contributed by atoms with Gasteiger partial charge >= 0.3 is 13.6 Å². The second-order valence-corrected chi connectivity index (χ2v) is 9.65. The fourth-order valence-corrected chi connectivity index (χ4v) is 6.35. The molecule has 2 aliphatic heterocycles. The van der Waals surface area contributed by atoms with Gasteiger partial charge in [0.1, 0.15) is 0 Å².